The lowest BCUT2D eigenvalue weighted by Crippen LogP contribution is -2.12. The normalized spacial score (nSPS) is 10.9. The molecule has 0 fully saturated rings. The molecule has 5 aromatic carbocycles. The van der Waals surface area contributed by atoms with Crippen molar-refractivity contribution < 1.29 is 9.59 Å². The second kappa shape index (κ2) is 9.68. The van der Waals surface area contributed by atoms with E-state index in [2.05, 4.69) is 15.6 Å². The van der Waals surface area contributed by atoms with Crippen LogP contribution in [0.5, 0.6) is 0 Å². The molecule has 6 heteroatoms. The average molecular weight is 500 g/mol. The third-order valence-corrected chi connectivity index (χ3v) is 6.99. The number of thiazole rings is 1. The monoisotopic (exact) mass is 499 g/mol. The quantitative estimate of drug-likeness (QED) is 0.256. The molecule has 6 rings (SSSR count). The van der Waals surface area contributed by atoms with E-state index in [0.29, 0.717) is 21.9 Å². The molecule has 0 aliphatic heterocycles. The van der Waals surface area contributed by atoms with Gasteiger partial charge in [-0.25, -0.2) is 4.98 Å². The second-order valence-corrected chi connectivity index (χ2v) is 9.44. The molecule has 2 amide bonds. The number of fused-ring (bicyclic) bond motifs is 2. The maximum Gasteiger partial charge on any atom is 0.258 e. The van der Waals surface area contributed by atoms with Gasteiger partial charge in [0.15, 0.2) is 5.13 Å². The van der Waals surface area contributed by atoms with E-state index >= 15 is 0 Å². The van der Waals surface area contributed by atoms with E-state index in [-0.39, 0.29) is 11.8 Å². The van der Waals surface area contributed by atoms with Crippen LogP contribution in [-0.2, 0) is 0 Å². The highest BCUT2D eigenvalue weighted by atomic mass is 32.1. The summed E-state index contributed by atoms with van der Waals surface area (Å²) in [6.07, 6.45) is 0. The van der Waals surface area contributed by atoms with E-state index in [4.69, 9.17) is 0 Å². The van der Waals surface area contributed by atoms with Gasteiger partial charge < -0.3 is 5.32 Å². The number of amides is 2. The largest absolute Gasteiger partial charge is 0.322 e. The van der Waals surface area contributed by atoms with Crippen molar-refractivity contribution in [1.29, 1.82) is 0 Å². The third-order valence-electron chi connectivity index (χ3n) is 6.23. The molecule has 0 unspecified atom stereocenters. The number of anilines is 2. The molecule has 0 aliphatic carbocycles. The van der Waals surface area contributed by atoms with Crippen molar-refractivity contribution in [3.05, 3.63) is 126 Å². The highest BCUT2D eigenvalue weighted by molar-refractivity contribution is 7.14. The van der Waals surface area contributed by atoms with E-state index in [1.165, 1.54) is 11.3 Å². The molecule has 0 bridgehead atoms. The van der Waals surface area contributed by atoms with E-state index in [0.717, 1.165) is 32.8 Å². The Morgan fingerprint density at radius 2 is 1.14 bits per heavy atom. The van der Waals surface area contributed by atoms with Crippen LogP contribution in [0.25, 0.3) is 32.8 Å². The smallest absolute Gasteiger partial charge is 0.258 e. The van der Waals surface area contributed by atoms with Crippen LogP contribution in [0.15, 0.2) is 115 Å². The number of benzene rings is 5. The lowest BCUT2D eigenvalue weighted by Gasteiger charge is -2.08. The summed E-state index contributed by atoms with van der Waals surface area (Å²) in [6.45, 7) is 0. The Morgan fingerprint density at radius 1 is 0.595 bits per heavy atom. The number of nitrogens with one attached hydrogen (secondary N) is 2. The van der Waals surface area contributed by atoms with Gasteiger partial charge in [0, 0.05) is 27.8 Å². The molecule has 0 aliphatic rings. The Bertz CT molecular complexity index is 1760. The Morgan fingerprint density at radius 3 is 1.76 bits per heavy atom. The molecule has 37 heavy (non-hydrogen) atoms. The summed E-state index contributed by atoms with van der Waals surface area (Å²) in [5.74, 6) is -0.346. The zero-order valence-electron chi connectivity index (χ0n) is 19.6. The van der Waals surface area contributed by atoms with Gasteiger partial charge in [0.05, 0.1) is 5.69 Å². The van der Waals surface area contributed by atoms with Gasteiger partial charge in [-0.05, 0) is 45.8 Å². The van der Waals surface area contributed by atoms with Gasteiger partial charge >= 0.3 is 0 Å². The highest BCUT2D eigenvalue weighted by Crippen LogP contribution is 2.28. The molecule has 0 atom stereocenters. The van der Waals surface area contributed by atoms with E-state index < -0.39 is 0 Å². The van der Waals surface area contributed by atoms with Gasteiger partial charge in [-0.3, -0.25) is 14.9 Å². The van der Waals surface area contributed by atoms with Crippen molar-refractivity contribution in [2.45, 2.75) is 0 Å². The predicted octanol–water partition coefficient (Wildman–Crippen LogP) is 7.62. The standard InChI is InChI=1S/C31H21N3O2S/c35-29(26-13-5-9-20-7-1-3-11-24(20)26)32-23-17-15-22(16-18-23)28-19-37-31(33-28)34-30(36)27-14-6-10-21-8-2-4-12-25(21)27/h1-19H,(H,32,35)(H,33,34,36). The van der Waals surface area contributed by atoms with E-state index in [9.17, 15) is 9.59 Å². The molecule has 0 radical (unpaired) electrons. The Kier molecular flexibility index (Phi) is 5.92. The lowest BCUT2D eigenvalue weighted by atomic mass is 10.0. The number of carbonyl (C=O) groups is 2. The second-order valence-electron chi connectivity index (χ2n) is 8.58. The lowest BCUT2D eigenvalue weighted by molar-refractivity contribution is 0.102. The van der Waals surface area contributed by atoms with E-state index in [1.807, 2.05) is 115 Å². The minimum absolute atomic E-state index is 0.156. The summed E-state index contributed by atoms with van der Waals surface area (Å²) in [5, 5.41) is 12.2. The molecule has 5 nitrogen and oxygen atoms in total. The zero-order valence-corrected chi connectivity index (χ0v) is 20.5. The maximum absolute atomic E-state index is 12.9. The van der Waals surface area contributed by atoms with Crippen LogP contribution in [0.2, 0.25) is 0 Å². The van der Waals surface area contributed by atoms with Crippen LogP contribution in [0, 0.1) is 0 Å². The van der Waals surface area contributed by atoms with Crippen molar-refractivity contribution >= 4 is 55.5 Å². The van der Waals surface area contributed by atoms with Crippen LogP contribution < -0.4 is 10.6 Å². The van der Waals surface area contributed by atoms with Gasteiger partial charge in [-0.15, -0.1) is 11.3 Å². The summed E-state index contributed by atoms with van der Waals surface area (Å²) < 4.78 is 0. The zero-order chi connectivity index (χ0) is 25.2. The van der Waals surface area contributed by atoms with Gasteiger partial charge in [-0.1, -0.05) is 84.9 Å². The molecule has 1 heterocycles. The Hall–Kier alpha value is -4.81. The Balaban J connectivity index is 1.16. The first-order chi connectivity index (χ1) is 18.2. The van der Waals surface area contributed by atoms with Crippen LogP contribution in [-0.4, -0.2) is 16.8 Å². The van der Waals surface area contributed by atoms with Crippen molar-refractivity contribution in [3.63, 3.8) is 0 Å². The first kappa shape index (κ1) is 22.6. The molecule has 1 aromatic heterocycles. The first-order valence-corrected chi connectivity index (χ1v) is 12.7. The van der Waals surface area contributed by atoms with Gasteiger partial charge in [0.2, 0.25) is 0 Å². The number of aromatic nitrogens is 1. The van der Waals surface area contributed by atoms with Crippen molar-refractivity contribution in [1.82, 2.24) is 4.98 Å². The number of hydrogen-bond acceptors (Lipinski definition) is 4. The van der Waals surface area contributed by atoms with Crippen molar-refractivity contribution in [2.24, 2.45) is 0 Å². The van der Waals surface area contributed by atoms with Crippen molar-refractivity contribution in [2.75, 3.05) is 10.6 Å². The number of nitrogens with zero attached hydrogens (tertiary/aromatic N) is 1. The van der Waals surface area contributed by atoms with Crippen LogP contribution >= 0.6 is 11.3 Å². The summed E-state index contributed by atoms with van der Waals surface area (Å²) in [6, 6.07) is 34.6. The number of hydrogen-bond donors (Lipinski definition) is 2. The first-order valence-electron chi connectivity index (χ1n) is 11.8. The van der Waals surface area contributed by atoms with Gasteiger partial charge in [0.25, 0.3) is 11.8 Å². The molecule has 0 spiro atoms. The fourth-order valence-electron chi connectivity index (χ4n) is 4.40. The fraction of sp³-hybridized carbons (Fsp3) is 0. The molecule has 6 aromatic rings. The van der Waals surface area contributed by atoms with Crippen LogP contribution in [0.3, 0.4) is 0 Å². The maximum atomic E-state index is 12.9. The van der Waals surface area contributed by atoms with E-state index in [1.54, 1.807) is 0 Å². The molecular weight excluding hydrogens is 478 g/mol. The Labute approximate surface area is 217 Å². The minimum atomic E-state index is -0.191. The van der Waals surface area contributed by atoms with Crippen LogP contribution in [0.1, 0.15) is 20.7 Å². The average Bonchev–Trinajstić information content (AvgIpc) is 3.41. The van der Waals surface area contributed by atoms with Crippen molar-refractivity contribution in [3.8, 4) is 11.3 Å². The summed E-state index contributed by atoms with van der Waals surface area (Å²) >= 11 is 1.37. The summed E-state index contributed by atoms with van der Waals surface area (Å²) in [5.41, 5.74) is 3.59. The molecule has 0 saturated heterocycles. The topological polar surface area (TPSA) is 71.1 Å². The van der Waals surface area contributed by atoms with Gasteiger partial charge in [0.1, 0.15) is 0 Å². The highest BCUT2D eigenvalue weighted by Gasteiger charge is 2.14. The molecule has 178 valence electrons. The van der Waals surface area contributed by atoms with Crippen LogP contribution in [0.4, 0.5) is 10.8 Å². The number of rotatable bonds is 5. The third kappa shape index (κ3) is 4.58. The minimum Gasteiger partial charge on any atom is -0.322 e. The van der Waals surface area contributed by atoms with Gasteiger partial charge in [-0.2, -0.15) is 0 Å². The SMILES string of the molecule is O=C(Nc1ccc(-c2csc(NC(=O)c3cccc4ccccc34)n2)cc1)c1cccc2ccccc12. The molecule has 0 saturated carbocycles. The fourth-order valence-corrected chi connectivity index (χ4v) is 5.11. The molecular formula is C31H21N3O2S. The molecule has 2 N–H and O–H groups in total. The summed E-state index contributed by atoms with van der Waals surface area (Å²) in [4.78, 5) is 30.5. The summed E-state index contributed by atoms with van der Waals surface area (Å²) in [7, 11) is 0. The number of carbonyl (C=O) groups excluding carboxylic acids is 2. The predicted molar refractivity (Wildman–Crippen MR) is 151 cm³/mol.